The summed E-state index contributed by atoms with van der Waals surface area (Å²) >= 11 is 0. The van der Waals surface area contributed by atoms with Crippen molar-refractivity contribution in [3.05, 3.63) is 0 Å². The van der Waals surface area contributed by atoms with Gasteiger partial charge in [-0.3, -0.25) is 10.2 Å². The van der Waals surface area contributed by atoms with Gasteiger partial charge < -0.3 is 10.4 Å². The summed E-state index contributed by atoms with van der Waals surface area (Å²) in [5, 5.41) is 15.5. The van der Waals surface area contributed by atoms with Gasteiger partial charge in [0.25, 0.3) is 0 Å². The Balaban J connectivity index is 2.24. The van der Waals surface area contributed by atoms with Crippen LogP contribution in [0.1, 0.15) is 13.8 Å². The lowest BCUT2D eigenvalue weighted by atomic mass is 10.3. The molecular weight excluding hydrogens is 154 g/mol. The molecule has 1 saturated heterocycles. The second-order valence-corrected chi connectivity index (χ2v) is 3.30. The van der Waals surface area contributed by atoms with Crippen LogP contribution in [0.5, 0.6) is 0 Å². The van der Waals surface area contributed by atoms with Gasteiger partial charge in [-0.1, -0.05) is 0 Å². The third-order valence-electron chi connectivity index (χ3n) is 2.18. The summed E-state index contributed by atoms with van der Waals surface area (Å²) in [5.74, 6) is 0. The molecule has 0 radical (unpaired) electrons. The molecule has 1 aliphatic heterocycles. The second-order valence-electron chi connectivity index (χ2n) is 3.30. The Bertz CT molecular complexity index is 123. The molecule has 0 bridgehead atoms. The molecule has 72 valence electrons. The van der Waals surface area contributed by atoms with E-state index < -0.39 is 6.23 Å². The van der Waals surface area contributed by atoms with Crippen molar-refractivity contribution in [3.63, 3.8) is 0 Å². The lowest BCUT2D eigenvalue weighted by molar-refractivity contribution is 0.0772. The van der Waals surface area contributed by atoms with Crippen LogP contribution in [0, 0.1) is 0 Å². The van der Waals surface area contributed by atoms with Crippen LogP contribution in [-0.2, 0) is 0 Å². The Morgan fingerprint density at radius 1 is 1.33 bits per heavy atom. The van der Waals surface area contributed by atoms with Crippen molar-refractivity contribution in [2.24, 2.45) is 0 Å². The smallest absolute Gasteiger partial charge is 0.103 e. The van der Waals surface area contributed by atoms with Crippen LogP contribution in [0.25, 0.3) is 0 Å². The van der Waals surface area contributed by atoms with Crippen LogP contribution < -0.4 is 10.6 Å². The van der Waals surface area contributed by atoms with Crippen LogP contribution in [0.2, 0.25) is 0 Å². The topological polar surface area (TPSA) is 47.5 Å². The number of nitrogens with zero attached hydrogens (tertiary/aromatic N) is 1. The van der Waals surface area contributed by atoms with Crippen molar-refractivity contribution >= 4 is 0 Å². The van der Waals surface area contributed by atoms with E-state index in [1.54, 1.807) is 6.92 Å². The van der Waals surface area contributed by atoms with Gasteiger partial charge in [0.05, 0.1) is 6.17 Å². The van der Waals surface area contributed by atoms with Gasteiger partial charge >= 0.3 is 0 Å². The van der Waals surface area contributed by atoms with Crippen molar-refractivity contribution in [2.45, 2.75) is 26.2 Å². The van der Waals surface area contributed by atoms with Gasteiger partial charge in [-0.05, 0) is 13.8 Å². The number of aliphatic hydroxyl groups excluding tert-OH is 1. The molecule has 1 aliphatic rings. The average Bonchev–Trinajstić information content (AvgIpc) is 2.05. The van der Waals surface area contributed by atoms with Crippen LogP contribution in [0.4, 0.5) is 0 Å². The lowest BCUT2D eigenvalue weighted by Crippen LogP contribution is -2.54. The molecule has 12 heavy (non-hydrogen) atoms. The van der Waals surface area contributed by atoms with Gasteiger partial charge in [0.2, 0.25) is 0 Å². The van der Waals surface area contributed by atoms with Gasteiger partial charge in [-0.2, -0.15) is 0 Å². The summed E-state index contributed by atoms with van der Waals surface area (Å²) in [5.41, 5.74) is 0. The first-order chi connectivity index (χ1) is 5.70. The highest BCUT2D eigenvalue weighted by Crippen LogP contribution is 1.98. The molecule has 3 N–H and O–H groups in total. The number of piperazine rings is 1. The quantitative estimate of drug-likeness (QED) is 0.487. The highest BCUT2D eigenvalue weighted by Gasteiger charge is 2.16. The minimum Gasteiger partial charge on any atom is -0.379 e. The largest absolute Gasteiger partial charge is 0.379 e. The highest BCUT2D eigenvalue weighted by molar-refractivity contribution is 4.72. The van der Waals surface area contributed by atoms with E-state index in [0.29, 0.717) is 0 Å². The molecule has 0 amide bonds. The van der Waals surface area contributed by atoms with Crippen molar-refractivity contribution in [3.8, 4) is 0 Å². The standard InChI is InChI=1S/C8H19N3O/c1-7(10-8(2)12)11-5-3-9-4-6-11/h7-10,12H,3-6H2,1-2H3. The van der Waals surface area contributed by atoms with E-state index >= 15 is 0 Å². The third kappa shape index (κ3) is 3.06. The van der Waals surface area contributed by atoms with Crippen LogP contribution in [-0.4, -0.2) is 48.6 Å². The molecule has 1 heterocycles. The summed E-state index contributed by atoms with van der Waals surface area (Å²) < 4.78 is 0. The van der Waals surface area contributed by atoms with E-state index in [0.717, 1.165) is 26.2 Å². The van der Waals surface area contributed by atoms with E-state index in [1.807, 2.05) is 0 Å². The highest BCUT2D eigenvalue weighted by atomic mass is 16.3. The predicted molar refractivity (Wildman–Crippen MR) is 48.7 cm³/mol. The number of hydrogen-bond donors (Lipinski definition) is 3. The molecule has 2 unspecified atom stereocenters. The molecule has 4 nitrogen and oxygen atoms in total. The molecule has 0 spiro atoms. The molecule has 4 heteroatoms. The normalized spacial score (nSPS) is 25.2. The van der Waals surface area contributed by atoms with Gasteiger partial charge in [-0.15, -0.1) is 0 Å². The average molecular weight is 173 g/mol. The van der Waals surface area contributed by atoms with Crippen LogP contribution >= 0.6 is 0 Å². The van der Waals surface area contributed by atoms with E-state index in [1.165, 1.54) is 0 Å². The second kappa shape index (κ2) is 4.77. The maximum absolute atomic E-state index is 9.10. The van der Waals surface area contributed by atoms with E-state index in [-0.39, 0.29) is 6.17 Å². The SMILES string of the molecule is CC(O)NC(C)N1CCNCC1. The Morgan fingerprint density at radius 3 is 2.42 bits per heavy atom. The van der Waals surface area contributed by atoms with Crippen LogP contribution in [0.3, 0.4) is 0 Å². The van der Waals surface area contributed by atoms with E-state index in [9.17, 15) is 0 Å². The van der Waals surface area contributed by atoms with Gasteiger partial charge in [0.1, 0.15) is 6.23 Å². The molecule has 0 aromatic rings. The van der Waals surface area contributed by atoms with Crippen molar-refractivity contribution in [1.29, 1.82) is 0 Å². The molecule has 1 rings (SSSR count). The first-order valence-electron chi connectivity index (χ1n) is 4.59. The fourth-order valence-corrected chi connectivity index (χ4v) is 1.52. The summed E-state index contributed by atoms with van der Waals surface area (Å²) in [6.07, 6.45) is -0.151. The summed E-state index contributed by atoms with van der Waals surface area (Å²) in [6.45, 7) is 8.04. The van der Waals surface area contributed by atoms with Gasteiger partial charge in [-0.25, -0.2) is 0 Å². The number of nitrogens with one attached hydrogen (secondary N) is 2. The third-order valence-corrected chi connectivity index (χ3v) is 2.18. The van der Waals surface area contributed by atoms with Crippen molar-refractivity contribution in [1.82, 2.24) is 15.5 Å². The first-order valence-corrected chi connectivity index (χ1v) is 4.59. The minimum absolute atomic E-state index is 0.270. The molecule has 0 aromatic heterocycles. The zero-order chi connectivity index (χ0) is 8.97. The minimum atomic E-state index is -0.421. The first kappa shape index (κ1) is 9.92. The Kier molecular flexibility index (Phi) is 3.94. The van der Waals surface area contributed by atoms with Crippen molar-refractivity contribution in [2.75, 3.05) is 26.2 Å². The summed E-state index contributed by atoms with van der Waals surface area (Å²) in [4.78, 5) is 2.32. The number of hydrogen-bond acceptors (Lipinski definition) is 4. The molecule has 2 atom stereocenters. The number of rotatable bonds is 3. The maximum Gasteiger partial charge on any atom is 0.103 e. The molecular formula is C8H19N3O. The monoisotopic (exact) mass is 173 g/mol. The molecule has 0 aromatic carbocycles. The Hall–Kier alpha value is -0.160. The van der Waals surface area contributed by atoms with E-state index in [4.69, 9.17) is 5.11 Å². The molecule has 0 aliphatic carbocycles. The summed E-state index contributed by atoms with van der Waals surface area (Å²) in [7, 11) is 0. The Morgan fingerprint density at radius 2 is 1.92 bits per heavy atom. The van der Waals surface area contributed by atoms with Gasteiger partial charge in [0.15, 0.2) is 0 Å². The van der Waals surface area contributed by atoms with Gasteiger partial charge in [0, 0.05) is 26.2 Å². The fourth-order valence-electron chi connectivity index (χ4n) is 1.52. The number of aliphatic hydroxyl groups is 1. The lowest BCUT2D eigenvalue weighted by Gasteiger charge is -2.33. The zero-order valence-corrected chi connectivity index (χ0v) is 7.88. The molecule has 1 fully saturated rings. The van der Waals surface area contributed by atoms with Crippen molar-refractivity contribution < 1.29 is 5.11 Å². The Labute approximate surface area is 73.9 Å². The summed E-state index contributed by atoms with van der Waals surface area (Å²) in [6, 6.07) is 0. The zero-order valence-electron chi connectivity index (χ0n) is 7.88. The van der Waals surface area contributed by atoms with Crippen LogP contribution in [0.15, 0.2) is 0 Å². The van der Waals surface area contributed by atoms with E-state index in [2.05, 4.69) is 22.5 Å². The molecule has 0 saturated carbocycles. The fraction of sp³-hybridized carbons (Fsp3) is 1.00. The predicted octanol–water partition coefficient (Wildman–Crippen LogP) is -0.834. The maximum atomic E-state index is 9.10.